The van der Waals surface area contributed by atoms with Crippen LogP contribution in [0, 0.1) is 0 Å². The molecule has 0 heterocycles. The van der Waals surface area contributed by atoms with E-state index in [4.69, 9.17) is 0 Å². The second-order valence-electron chi connectivity index (χ2n) is 3.21. The summed E-state index contributed by atoms with van der Waals surface area (Å²) in [6.45, 7) is 2.18. The van der Waals surface area contributed by atoms with Gasteiger partial charge in [-0.2, -0.15) is 0 Å². The summed E-state index contributed by atoms with van der Waals surface area (Å²) in [4.78, 5) is 11.4. The van der Waals surface area contributed by atoms with E-state index in [2.05, 4.69) is 27.6 Å². The molecule has 0 saturated carbocycles. The number of hydrogen-bond acceptors (Lipinski definition) is 2. The topological polar surface area (TPSA) is 26.3 Å². The molecule has 0 saturated heterocycles. The van der Waals surface area contributed by atoms with Gasteiger partial charge in [0.2, 0.25) is 0 Å². The van der Waals surface area contributed by atoms with E-state index in [1.807, 2.05) is 0 Å². The number of carbonyl (C=O) groups is 1. The zero-order valence-electron chi connectivity index (χ0n) is 8.51. The molecular weight excluding hydrogens is 232 g/mol. The van der Waals surface area contributed by atoms with E-state index in [-0.39, 0.29) is 5.97 Å². The summed E-state index contributed by atoms with van der Waals surface area (Å²) >= 11 is 3.61. The van der Waals surface area contributed by atoms with Crippen molar-refractivity contribution in [2.45, 2.75) is 50.3 Å². The Labute approximate surface area is 89.2 Å². The predicted molar refractivity (Wildman–Crippen MR) is 58.1 cm³/mol. The highest BCUT2D eigenvalue weighted by atomic mass is 79.9. The molecule has 0 aromatic heterocycles. The summed E-state index contributed by atoms with van der Waals surface area (Å²) in [6.07, 6.45) is 6.20. The van der Waals surface area contributed by atoms with Crippen molar-refractivity contribution >= 4 is 21.9 Å². The van der Waals surface area contributed by atoms with Crippen LogP contribution in [0.4, 0.5) is 0 Å². The van der Waals surface area contributed by atoms with Crippen LogP contribution in [0.3, 0.4) is 0 Å². The highest BCUT2D eigenvalue weighted by molar-refractivity contribution is 9.09. The number of esters is 1. The number of hydrogen-bond donors (Lipinski definition) is 0. The summed E-state index contributed by atoms with van der Waals surface area (Å²) < 4.78 is 4.55. The fourth-order valence-corrected chi connectivity index (χ4v) is 1.98. The number of halogens is 1. The minimum absolute atomic E-state index is 0.0957. The molecule has 0 aliphatic rings. The van der Waals surface area contributed by atoms with Crippen LogP contribution in [0.1, 0.15) is 45.4 Å². The quantitative estimate of drug-likeness (QED) is 0.394. The number of alkyl halides is 1. The first-order valence-corrected chi connectivity index (χ1v) is 5.83. The summed E-state index contributed by atoms with van der Waals surface area (Å²) in [5, 5.41) is 0. The lowest BCUT2D eigenvalue weighted by Gasteiger charge is -2.06. The van der Waals surface area contributed by atoms with Crippen molar-refractivity contribution < 1.29 is 9.53 Å². The molecule has 13 heavy (non-hydrogen) atoms. The van der Waals surface area contributed by atoms with Gasteiger partial charge in [-0.3, -0.25) is 4.79 Å². The fraction of sp³-hybridized carbons (Fsp3) is 0.900. The van der Waals surface area contributed by atoms with Gasteiger partial charge in [-0.1, -0.05) is 35.7 Å². The molecule has 2 nitrogen and oxygen atoms in total. The van der Waals surface area contributed by atoms with Crippen molar-refractivity contribution in [2.75, 3.05) is 7.11 Å². The average Bonchev–Trinajstić information content (AvgIpc) is 2.12. The van der Waals surface area contributed by atoms with Gasteiger partial charge in [0.15, 0.2) is 0 Å². The normalized spacial score (nSPS) is 12.5. The highest BCUT2D eigenvalue weighted by Crippen LogP contribution is 2.15. The van der Waals surface area contributed by atoms with Gasteiger partial charge in [0, 0.05) is 11.2 Å². The lowest BCUT2D eigenvalue weighted by atomic mass is 10.1. The van der Waals surface area contributed by atoms with Gasteiger partial charge in [0.1, 0.15) is 0 Å². The van der Waals surface area contributed by atoms with Crippen molar-refractivity contribution in [1.82, 2.24) is 0 Å². The van der Waals surface area contributed by atoms with Crippen LogP contribution in [-0.4, -0.2) is 17.9 Å². The maximum Gasteiger partial charge on any atom is 0.305 e. The van der Waals surface area contributed by atoms with E-state index in [9.17, 15) is 4.79 Å². The van der Waals surface area contributed by atoms with Gasteiger partial charge in [0.05, 0.1) is 7.11 Å². The van der Waals surface area contributed by atoms with E-state index in [0.29, 0.717) is 11.2 Å². The molecule has 78 valence electrons. The Kier molecular flexibility index (Phi) is 8.51. The van der Waals surface area contributed by atoms with E-state index in [1.54, 1.807) is 0 Å². The molecule has 0 spiro atoms. The van der Waals surface area contributed by atoms with Gasteiger partial charge >= 0.3 is 5.97 Å². The van der Waals surface area contributed by atoms with Crippen LogP contribution in [0.5, 0.6) is 0 Å². The first kappa shape index (κ1) is 12.9. The number of ether oxygens (including phenoxy) is 1. The van der Waals surface area contributed by atoms with Gasteiger partial charge in [0.25, 0.3) is 0 Å². The molecule has 1 unspecified atom stereocenters. The number of methoxy groups -OCH3 is 1. The zero-order chi connectivity index (χ0) is 10.1. The zero-order valence-corrected chi connectivity index (χ0v) is 10.1. The third-order valence-electron chi connectivity index (χ3n) is 1.98. The van der Waals surface area contributed by atoms with Crippen molar-refractivity contribution in [3.05, 3.63) is 0 Å². The minimum Gasteiger partial charge on any atom is -0.469 e. The van der Waals surface area contributed by atoms with Gasteiger partial charge in [-0.05, 0) is 19.3 Å². The Hall–Kier alpha value is -0.0500. The molecule has 0 fully saturated rings. The second kappa shape index (κ2) is 8.54. The summed E-state index contributed by atoms with van der Waals surface area (Å²) in [5.41, 5.74) is 0. The smallest absolute Gasteiger partial charge is 0.305 e. The summed E-state index contributed by atoms with van der Waals surface area (Å²) in [7, 11) is 1.44. The molecule has 0 aliphatic carbocycles. The monoisotopic (exact) mass is 250 g/mol. The molecule has 0 aliphatic heterocycles. The predicted octanol–water partition coefficient (Wildman–Crippen LogP) is 3.28. The first-order valence-electron chi connectivity index (χ1n) is 4.91. The number of unbranched alkanes of at least 4 members (excludes halogenated alkanes) is 1. The van der Waals surface area contributed by atoms with E-state index in [1.165, 1.54) is 20.0 Å². The van der Waals surface area contributed by atoms with E-state index >= 15 is 0 Å². The Balaban J connectivity index is 3.20. The lowest BCUT2D eigenvalue weighted by Crippen LogP contribution is -2.01. The molecule has 1 atom stereocenters. The SMILES string of the molecule is CCCC(Br)CCCCC(=O)OC. The second-order valence-corrected chi connectivity index (χ2v) is 4.50. The van der Waals surface area contributed by atoms with Crippen molar-refractivity contribution in [3.8, 4) is 0 Å². The third kappa shape index (κ3) is 8.28. The van der Waals surface area contributed by atoms with Crippen molar-refractivity contribution in [3.63, 3.8) is 0 Å². The molecule has 0 bridgehead atoms. The fourth-order valence-electron chi connectivity index (χ4n) is 1.19. The van der Waals surface area contributed by atoms with Crippen LogP contribution >= 0.6 is 15.9 Å². The largest absolute Gasteiger partial charge is 0.469 e. The molecule has 0 radical (unpaired) electrons. The molecular formula is C10H19BrO2. The molecule has 0 N–H and O–H groups in total. The summed E-state index contributed by atoms with van der Waals surface area (Å²) in [6, 6.07) is 0. The Morgan fingerprint density at radius 1 is 1.38 bits per heavy atom. The van der Waals surface area contributed by atoms with E-state index < -0.39 is 0 Å². The maximum atomic E-state index is 10.7. The van der Waals surface area contributed by atoms with Crippen LogP contribution in [0.15, 0.2) is 0 Å². The van der Waals surface area contributed by atoms with Gasteiger partial charge in [-0.15, -0.1) is 0 Å². The lowest BCUT2D eigenvalue weighted by molar-refractivity contribution is -0.140. The van der Waals surface area contributed by atoms with Crippen molar-refractivity contribution in [1.29, 1.82) is 0 Å². The average molecular weight is 251 g/mol. The van der Waals surface area contributed by atoms with Crippen LogP contribution in [-0.2, 0) is 9.53 Å². The maximum absolute atomic E-state index is 10.7. The molecule has 0 rings (SSSR count). The Morgan fingerprint density at radius 2 is 2.08 bits per heavy atom. The Morgan fingerprint density at radius 3 is 2.62 bits per heavy atom. The molecule has 3 heteroatoms. The van der Waals surface area contributed by atoms with Gasteiger partial charge in [-0.25, -0.2) is 0 Å². The van der Waals surface area contributed by atoms with Crippen LogP contribution < -0.4 is 0 Å². The molecule has 0 aromatic rings. The minimum atomic E-state index is -0.0957. The van der Waals surface area contributed by atoms with Crippen LogP contribution in [0.2, 0.25) is 0 Å². The van der Waals surface area contributed by atoms with Gasteiger partial charge < -0.3 is 4.74 Å². The third-order valence-corrected chi connectivity index (χ3v) is 2.89. The highest BCUT2D eigenvalue weighted by Gasteiger charge is 2.03. The molecule has 0 aromatic carbocycles. The number of carbonyl (C=O) groups excluding carboxylic acids is 1. The Bertz CT molecular complexity index is 137. The van der Waals surface area contributed by atoms with Crippen LogP contribution in [0.25, 0.3) is 0 Å². The standard InChI is InChI=1S/C10H19BrO2/c1-3-6-9(11)7-4-5-8-10(12)13-2/h9H,3-8H2,1-2H3. The van der Waals surface area contributed by atoms with E-state index in [0.717, 1.165) is 19.3 Å². The number of rotatable bonds is 7. The van der Waals surface area contributed by atoms with Crippen molar-refractivity contribution in [2.24, 2.45) is 0 Å². The molecule has 0 amide bonds. The summed E-state index contributed by atoms with van der Waals surface area (Å²) in [5.74, 6) is -0.0957. The first-order chi connectivity index (χ1) is 6.20.